The van der Waals surface area contributed by atoms with Crippen LogP contribution in [0.4, 0.5) is 4.39 Å². The third-order valence-corrected chi connectivity index (χ3v) is 4.54. The Balaban J connectivity index is 1.65. The fourth-order valence-corrected chi connectivity index (χ4v) is 3.14. The smallest absolute Gasteiger partial charge is 0.286 e. The van der Waals surface area contributed by atoms with Crippen LogP contribution in [-0.2, 0) is 17.8 Å². The molecule has 27 heavy (non-hydrogen) atoms. The van der Waals surface area contributed by atoms with Gasteiger partial charge >= 0.3 is 0 Å². The molecule has 0 saturated carbocycles. The first-order valence-electron chi connectivity index (χ1n) is 8.19. The van der Waals surface area contributed by atoms with Crippen LogP contribution in [0.3, 0.4) is 0 Å². The Morgan fingerprint density at radius 3 is 2.74 bits per heavy atom. The van der Waals surface area contributed by atoms with Crippen molar-refractivity contribution in [3.63, 3.8) is 0 Å². The molecule has 0 fully saturated rings. The highest BCUT2D eigenvalue weighted by Crippen LogP contribution is 2.12. The topological polar surface area (TPSA) is 67.4 Å². The van der Waals surface area contributed by atoms with Gasteiger partial charge in [0.2, 0.25) is 0 Å². The number of halogens is 1. The quantitative estimate of drug-likeness (QED) is 0.658. The number of hydrogen-bond acceptors (Lipinski definition) is 4. The molecule has 0 bridgehead atoms. The van der Waals surface area contributed by atoms with Crippen LogP contribution in [-0.4, -0.2) is 17.1 Å². The van der Waals surface area contributed by atoms with Gasteiger partial charge in [0.1, 0.15) is 11.6 Å². The van der Waals surface area contributed by atoms with Crippen molar-refractivity contribution in [2.24, 2.45) is 4.99 Å². The largest absolute Gasteiger partial charge is 0.484 e. The van der Waals surface area contributed by atoms with Gasteiger partial charge < -0.3 is 9.30 Å². The zero-order valence-corrected chi connectivity index (χ0v) is 15.2. The molecule has 0 aliphatic carbocycles. The molecule has 3 rings (SSSR count). The predicted octanol–water partition coefficient (Wildman–Crippen LogP) is 3.31. The van der Waals surface area contributed by atoms with Crippen LogP contribution in [0, 0.1) is 17.1 Å². The molecule has 7 heteroatoms. The van der Waals surface area contributed by atoms with Crippen molar-refractivity contribution in [1.82, 2.24) is 4.57 Å². The molecule has 0 unspecified atom stereocenters. The van der Waals surface area contributed by atoms with Gasteiger partial charge in [-0.2, -0.15) is 10.3 Å². The van der Waals surface area contributed by atoms with E-state index in [0.29, 0.717) is 29.1 Å². The minimum absolute atomic E-state index is 0.199. The lowest BCUT2D eigenvalue weighted by Crippen LogP contribution is -2.19. The van der Waals surface area contributed by atoms with Crippen molar-refractivity contribution < 1.29 is 13.9 Å². The Bertz CT molecular complexity index is 1030. The van der Waals surface area contributed by atoms with E-state index in [2.05, 4.69) is 11.1 Å². The summed E-state index contributed by atoms with van der Waals surface area (Å²) in [7, 11) is 0. The number of thiazole rings is 1. The summed E-state index contributed by atoms with van der Waals surface area (Å²) in [4.78, 5) is 16.7. The molecule has 0 radical (unpaired) electrons. The Labute approximate surface area is 159 Å². The molecular weight excluding hydrogens is 365 g/mol. The lowest BCUT2D eigenvalue weighted by molar-refractivity contribution is -0.120. The van der Waals surface area contributed by atoms with E-state index in [-0.39, 0.29) is 12.4 Å². The monoisotopic (exact) mass is 381 g/mol. The molecule has 0 aliphatic heterocycles. The van der Waals surface area contributed by atoms with E-state index in [1.165, 1.54) is 17.4 Å². The van der Waals surface area contributed by atoms with Gasteiger partial charge in [0.25, 0.3) is 5.91 Å². The summed E-state index contributed by atoms with van der Waals surface area (Å²) in [5.74, 6) is -0.192. The predicted molar refractivity (Wildman–Crippen MR) is 99.6 cm³/mol. The first-order chi connectivity index (χ1) is 13.2. The minimum atomic E-state index is -0.430. The lowest BCUT2D eigenvalue weighted by Gasteiger charge is -2.05. The van der Waals surface area contributed by atoms with Gasteiger partial charge in [-0.25, -0.2) is 4.39 Å². The second-order valence-corrected chi connectivity index (χ2v) is 6.55. The molecule has 1 aromatic heterocycles. The number of benzene rings is 2. The molecule has 0 saturated heterocycles. The van der Waals surface area contributed by atoms with E-state index < -0.39 is 5.91 Å². The molecule has 0 atom stereocenters. The Kier molecular flexibility index (Phi) is 6.13. The van der Waals surface area contributed by atoms with Crippen LogP contribution < -0.4 is 9.54 Å². The van der Waals surface area contributed by atoms with Crippen LogP contribution in [0.15, 0.2) is 65.1 Å². The SMILES string of the molecule is N#CCc1ccc(OCC(=O)N=c2sccn2Cc2ccccc2F)cc1. The van der Waals surface area contributed by atoms with Gasteiger partial charge in [0.15, 0.2) is 11.4 Å². The molecule has 2 aromatic carbocycles. The molecule has 5 nitrogen and oxygen atoms in total. The first-order valence-corrected chi connectivity index (χ1v) is 9.07. The summed E-state index contributed by atoms with van der Waals surface area (Å²) in [6, 6.07) is 15.6. The number of hydrogen-bond donors (Lipinski definition) is 0. The maximum Gasteiger partial charge on any atom is 0.286 e. The highest BCUT2D eigenvalue weighted by Gasteiger charge is 2.06. The highest BCUT2D eigenvalue weighted by atomic mass is 32.1. The van der Waals surface area contributed by atoms with Gasteiger partial charge in [0.05, 0.1) is 19.0 Å². The number of nitriles is 1. The lowest BCUT2D eigenvalue weighted by atomic mass is 10.2. The van der Waals surface area contributed by atoms with Crippen molar-refractivity contribution in [3.05, 3.63) is 81.9 Å². The zero-order valence-electron chi connectivity index (χ0n) is 14.3. The third kappa shape index (κ3) is 5.12. The summed E-state index contributed by atoms with van der Waals surface area (Å²) >= 11 is 1.30. The van der Waals surface area contributed by atoms with Gasteiger partial charge in [-0.1, -0.05) is 30.3 Å². The fourth-order valence-electron chi connectivity index (χ4n) is 2.40. The number of carbonyl (C=O) groups excluding carboxylic acids is 1. The second kappa shape index (κ2) is 8.92. The third-order valence-electron chi connectivity index (χ3n) is 3.75. The van der Waals surface area contributed by atoms with Crippen molar-refractivity contribution in [1.29, 1.82) is 5.26 Å². The minimum Gasteiger partial charge on any atom is -0.484 e. The van der Waals surface area contributed by atoms with Crippen LogP contribution in [0.1, 0.15) is 11.1 Å². The van der Waals surface area contributed by atoms with E-state index in [4.69, 9.17) is 10.00 Å². The molecule has 0 N–H and O–H groups in total. The fraction of sp³-hybridized carbons (Fsp3) is 0.150. The van der Waals surface area contributed by atoms with Crippen molar-refractivity contribution >= 4 is 17.2 Å². The highest BCUT2D eigenvalue weighted by molar-refractivity contribution is 7.07. The van der Waals surface area contributed by atoms with Crippen LogP contribution in [0.5, 0.6) is 5.75 Å². The van der Waals surface area contributed by atoms with E-state index in [0.717, 1.165) is 5.56 Å². The number of rotatable bonds is 6. The molecular formula is C20H16FN3O2S. The van der Waals surface area contributed by atoms with Gasteiger partial charge in [0, 0.05) is 17.1 Å². The molecule has 1 amide bonds. The maximum absolute atomic E-state index is 13.8. The van der Waals surface area contributed by atoms with Crippen molar-refractivity contribution in [3.8, 4) is 11.8 Å². The number of carbonyl (C=O) groups is 1. The van der Waals surface area contributed by atoms with E-state index in [9.17, 15) is 9.18 Å². The van der Waals surface area contributed by atoms with E-state index in [1.54, 1.807) is 58.6 Å². The number of ether oxygens (including phenoxy) is 1. The van der Waals surface area contributed by atoms with Crippen molar-refractivity contribution in [2.75, 3.05) is 6.61 Å². The normalized spacial score (nSPS) is 11.2. The maximum atomic E-state index is 13.8. The van der Waals surface area contributed by atoms with Gasteiger partial charge in [-0.05, 0) is 23.8 Å². The molecule has 0 aliphatic rings. The summed E-state index contributed by atoms with van der Waals surface area (Å²) in [5.41, 5.74) is 1.41. The summed E-state index contributed by atoms with van der Waals surface area (Å²) < 4.78 is 21.0. The van der Waals surface area contributed by atoms with E-state index >= 15 is 0 Å². The molecule has 3 aromatic rings. The average molecular weight is 381 g/mol. The molecule has 0 spiro atoms. The van der Waals surface area contributed by atoms with Crippen LogP contribution in [0.2, 0.25) is 0 Å². The summed E-state index contributed by atoms with van der Waals surface area (Å²) in [6.45, 7) is 0.0959. The Morgan fingerprint density at radius 2 is 2.00 bits per heavy atom. The van der Waals surface area contributed by atoms with Crippen molar-refractivity contribution in [2.45, 2.75) is 13.0 Å². The number of nitrogens with zero attached hydrogens (tertiary/aromatic N) is 3. The van der Waals surface area contributed by atoms with E-state index in [1.807, 2.05) is 0 Å². The van der Waals surface area contributed by atoms with Gasteiger partial charge in [-0.15, -0.1) is 11.3 Å². The Morgan fingerprint density at radius 1 is 1.22 bits per heavy atom. The Hall–Kier alpha value is -3.24. The average Bonchev–Trinajstić information content (AvgIpc) is 3.10. The number of amides is 1. The van der Waals surface area contributed by atoms with Crippen LogP contribution in [0.25, 0.3) is 0 Å². The molecule has 136 valence electrons. The zero-order chi connectivity index (χ0) is 19.1. The standard InChI is InChI=1S/C20H16FN3O2S/c21-18-4-2-1-3-16(18)13-24-11-12-27-20(24)23-19(25)14-26-17-7-5-15(6-8-17)9-10-22/h1-8,11-12H,9,13-14H2. The summed E-state index contributed by atoms with van der Waals surface area (Å²) in [5, 5.41) is 10.5. The molecule has 1 heterocycles. The first kappa shape index (κ1) is 18.5. The number of aromatic nitrogens is 1. The summed E-state index contributed by atoms with van der Waals surface area (Å²) in [6.07, 6.45) is 2.09. The van der Waals surface area contributed by atoms with Crippen LogP contribution >= 0.6 is 11.3 Å². The van der Waals surface area contributed by atoms with Gasteiger partial charge in [-0.3, -0.25) is 4.79 Å². The second-order valence-electron chi connectivity index (χ2n) is 5.68.